The van der Waals surface area contributed by atoms with Gasteiger partial charge in [0.25, 0.3) is 0 Å². The third-order valence-corrected chi connectivity index (χ3v) is 3.81. The number of ether oxygens (including phenoxy) is 1. The summed E-state index contributed by atoms with van der Waals surface area (Å²) in [6.07, 6.45) is 1.84. The molecule has 1 saturated heterocycles. The van der Waals surface area contributed by atoms with Gasteiger partial charge >= 0.3 is 0 Å². The summed E-state index contributed by atoms with van der Waals surface area (Å²) in [6.45, 7) is 5.60. The number of carbonyl (C=O) groups is 1. The van der Waals surface area contributed by atoms with E-state index in [4.69, 9.17) is 4.74 Å². The van der Waals surface area contributed by atoms with Crippen molar-refractivity contribution in [2.75, 3.05) is 20.2 Å². The Kier molecular flexibility index (Phi) is 4.10. The van der Waals surface area contributed by atoms with Crippen LogP contribution in [-0.4, -0.2) is 26.1 Å². The Bertz CT molecular complexity index is 473. The molecule has 4 nitrogen and oxygen atoms in total. The number of aryl methyl sites for hydroxylation is 1. The van der Waals surface area contributed by atoms with Crippen LogP contribution in [0.4, 0.5) is 0 Å². The maximum atomic E-state index is 12.3. The van der Waals surface area contributed by atoms with Crippen LogP contribution in [-0.2, 0) is 16.8 Å². The highest BCUT2D eigenvalue weighted by atomic mass is 16.5. The van der Waals surface area contributed by atoms with Gasteiger partial charge in [0.15, 0.2) is 0 Å². The molecule has 104 valence electrons. The second-order valence-corrected chi connectivity index (χ2v) is 5.04. The maximum Gasteiger partial charge on any atom is 0.244 e. The normalized spacial score (nSPS) is 23.6. The molecule has 2 N–H and O–H groups in total. The van der Waals surface area contributed by atoms with Crippen molar-refractivity contribution in [3.05, 3.63) is 29.3 Å². The van der Waals surface area contributed by atoms with Crippen molar-refractivity contribution in [1.29, 1.82) is 0 Å². The Morgan fingerprint density at radius 2 is 2.16 bits per heavy atom. The lowest BCUT2D eigenvalue weighted by molar-refractivity contribution is -0.126. The average Bonchev–Trinajstić information content (AvgIpc) is 2.61. The van der Waals surface area contributed by atoms with Gasteiger partial charge < -0.3 is 10.1 Å². The Hall–Kier alpha value is -1.55. The minimum atomic E-state index is -0.660. The molecule has 1 aromatic carbocycles. The predicted octanol–water partition coefficient (Wildman–Crippen LogP) is 1.58. The molecular weight excluding hydrogens is 240 g/mol. The monoisotopic (exact) mass is 262 g/mol. The number of hydrogen-bond donors (Lipinski definition) is 2. The lowest BCUT2D eigenvalue weighted by atomic mass is 9.89. The lowest BCUT2D eigenvalue weighted by Crippen LogP contribution is -2.50. The number of hydrogen-bond acceptors (Lipinski definition) is 3. The van der Waals surface area contributed by atoms with Gasteiger partial charge in [-0.15, -0.1) is 0 Å². The third-order valence-electron chi connectivity index (χ3n) is 3.81. The first-order valence-corrected chi connectivity index (χ1v) is 6.82. The van der Waals surface area contributed by atoms with E-state index in [9.17, 15) is 4.79 Å². The predicted molar refractivity (Wildman–Crippen MR) is 75.4 cm³/mol. The summed E-state index contributed by atoms with van der Waals surface area (Å²) < 4.78 is 5.34. The second-order valence-electron chi connectivity index (χ2n) is 5.04. The molecule has 1 heterocycles. The summed E-state index contributed by atoms with van der Waals surface area (Å²) >= 11 is 0. The van der Waals surface area contributed by atoms with Crippen molar-refractivity contribution in [1.82, 2.24) is 10.6 Å². The molecule has 0 aromatic heterocycles. The summed E-state index contributed by atoms with van der Waals surface area (Å²) in [4.78, 5) is 12.3. The second kappa shape index (κ2) is 5.61. The molecule has 1 aliphatic rings. The SMILES string of the molecule is CCc1cc(C2(C)NCCCNC2=O)ccc1OC. The fourth-order valence-corrected chi connectivity index (χ4v) is 2.48. The molecule has 1 aliphatic heterocycles. The van der Waals surface area contributed by atoms with Crippen LogP contribution in [0.2, 0.25) is 0 Å². The smallest absolute Gasteiger partial charge is 0.244 e. The number of amides is 1. The van der Waals surface area contributed by atoms with Gasteiger partial charge in [0.2, 0.25) is 5.91 Å². The highest BCUT2D eigenvalue weighted by Gasteiger charge is 2.36. The Morgan fingerprint density at radius 3 is 2.84 bits per heavy atom. The number of carbonyl (C=O) groups excluding carboxylic acids is 1. The fourth-order valence-electron chi connectivity index (χ4n) is 2.48. The highest BCUT2D eigenvalue weighted by Crippen LogP contribution is 2.28. The minimum absolute atomic E-state index is 0.0391. The van der Waals surface area contributed by atoms with Crippen LogP contribution >= 0.6 is 0 Å². The van der Waals surface area contributed by atoms with Crippen LogP contribution in [0.3, 0.4) is 0 Å². The molecule has 1 unspecified atom stereocenters. The zero-order chi connectivity index (χ0) is 13.9. The van der Waals surface area contributed by atoms with Crippen LogP contribution in [0.1, 0.15) is 31.4 Å². The number of rotatable bonds is 3. The molecule has 1 fully saturated rings. The molecule has 0 aliphatic carbocycles. The van der Waals surface area contributed by atoms with Gasteiger partial charge in [-0.2, -0.15) is 0 Å². The van der Waals surface area contributed by atoms with Crippen molar-refractivity contribution in [2.45, 2.75) is 32.2 Å². The van der Waals surface area contributed by atoms with Crippen molar-refractivity contribution in [3.8, 4) is 5.75 Å². The van der Waals surface area contributed by atoms with Gasteiger partial charge in [0.1, 0.15) is 11.3 Å². The standard InChI is InChI=1S/C15H22N2O2/c1-4-11-10-12(6-7-13(11)19-3)15(2)14(18)16-8-5-9-17-15/h6-7,10,17H,4-5,8-9H2,1-3H3,(H,16,18). The highest BCUT2D eigenvalue weighted by molar-refractivity contribution is 5.87. The van der Waals surface area contributed by atoms with Crippen LogP contribution in [0, 0.1) is 0 Å². The van der Waals surface area contributed by atoms with Gasteiger partial charge in [0, 0.05) is 6.54 Å². The van der Waals surface area contributed by atoms with E-state index in [1.54, 1.807) is 7.11 Å². The molecule has 0 bridgehead atoms. The van der Waals surface area contributed by atoms with E-state index in [1.165, 1.54) is 0 Å². The number of nitrogens with one attached hydrogen (secondary N) is 2. The summed E-state index contributed by atoms with van der Waals surface area (Å²) in [5.74, 6) is 0.918. The average molecular weight is 262 g/mol. The largest absolute Gasteiger partial charge is 0.496 e. The first-order valence-electron chi connectivity index (χ1n) is 6.82. The Balaban J connectivity index is 2.41. The fraction of sp³-hybridized carbons (Fsp3) is 0.533. The Morgan fingerprint density at radius 1 is 1.37 bits per heavy atom. The third kappa shape index (κ3) is 2.59. The lowest BCUT2D eigenvalue weighted by Gasteiger charge is -2.28. The van der Waals surface area contributed by atoms with Crippen molar-refractivity contribution >= 4 is 5.91 Å². The molecule has 1 atom stereocenters. The number of benzene rings is 1. The molecule has 2 rings (SSSR count). The van der Waals surface area contributed by atoms with E-state index in [-0.39, 0.29) is 5.91 Å². The summed E-state index contributed by atoms with van der Waals surface area (Å²) in [5, 5.41) is 6.33. The van der Waals surface area contributed by atoms with Gasteiger partial charge in [-0.25, -0.2) is 0 Å². The minimum Gasteiger partial charge on any atom is -0.496 e. The topological polar surface area (TPSA) is 50.4 Å². The van der Waals surface area contributed by atoms with Crippen LogP contribution in [0.15, 0.2) is 18.2 Å². The number of methoxy groups -OCH3 is 1. The molecule has 4 heteroatoms. The zero-order valence-corrected chi connectivity index (χ0v) is 11.9. The Labute approximate surface area is 114 Å². The maximum absolute atomic E-state index is 12.3. The summed E-state index contributed by atoms with van der Waals surface area (Å²) in [7, 11) is 1.67. The van der Waals surface area contributed by atoms with Gasteiger partial charge in [-0.1, -0.05) is 13.0 Å². The van der Waals surface area contributed by atoms with E-state index >= 15 is 0 Å². The molecule has 1 aromatic rings. The van der Waals surface area contributed by atoms with Crippen molar-refractivity contribution < 1.29 is 9.53 Å². The molecule has 0 spiro atoms. The van der Waals surface area contributed by atoms with Gasteiger partial charge in [-0.3, -0.25) is 10.1 Å². The van der Waals surface area contributed by atoms with E-state index in [0.717, 1.165) is 42.8 Å². The van der Waals surface area contributed by atoms with Crippen LogP contribution in [0.25, 0.3) is 0 Å². The van der Waals surface area contributed by atoms with Crippen molar-refractivity contribution in [2.24, 2.45) is 0 Å². The van der Waals surface area contributed by atoms with E-state index in [1.807, 2.05) is 19.1 Å². The first kappa shape index (κ1) is 13.9. The molecular formula is C15H22N2O2. The van der Waals surface area contributed by atoms with E-state index in [2.05, 4.69) is 23.6 Å². The van der Waals surface area contributed by atoms with Gasteiger partial charge in [0.05, 0.1) is 7.11 Å². The zero-order valence-electron chi connectivity index (χ0n) is 11.9. The van der Waals surface area contributed by atoms with Crippen molar-refractivity contribution in [3.63, 3.8) is 0 Å². The summed E-state index contributed by atoms with van der Waals surface area (Å²) in [6, 6.07) is 5.98. The van der Waals surface area contributed by atoms with E-state index < -0.39 is 5.54 Å². The van der Waals surface area contributed by atoms with E-state index in [0.29, 0.717) is 0 Å². The molecule has 1 amide bonds. The summed E-state index contributed by atoms with van der Waals surface area (Å²) in [5.41, 5.74) is 1.46. The van der Waals surface area contributed by atoms with Crippen LogP contribution in [0.5, 0.6) is 5.75 Å². The quantitative estimate of drug-likeness (QED) is 0.869. The molecule has 19 heavy (non-hydrogen) atoms. The first-order chi connectivity index (χ1) is 9.11. The van der Waals surface area contributed by atoms with Crippen LogP contribution < -0.4 is 15.4 Å². The molecule has 0 saturated carbocycles. The van der Waals surface area contributed by atoms with Gasteiger partial charge in [-0.05, 0) is 49.6 Å². The molecule has 0 radical (unpaired) electrons.